The number of hydrogen-bond donors (Lipinski definition) is 0. The van der Waals surface area contributed by atoms with Gasteiger partial charge in [-0.05, 0) is 31.5 Å². The fourth-order valence-corrected chi connectivity index (χ4v) is 3.78. The number of carbonyl (C=O) groups excluding carboxylic acids is 1. The van der Waals surface area contributed by atoms with Gasteiger partial charge in [0, 0.05) is 13.1 Å². The van der Waals surface area contributed by atoms with Crippen LogP contribution in [0.1, 0.15) is 12.5 Å². The zero-order valence-corrected chi connectivity index (χ0v) is 14.0. The number of morpholine rings is 1. The lowest BCUT2D eigenvalue weighted by Crippen LogP contribution is -2.52. The van der Waals surface area contributed by atoms with Gasteiger partial charge in [-0.15, -0.1) is 0 Å². The van der Waals surface area contributed by atoms with Crippen LogP contribution < -0.4 is 4.31 Å². The number of carbonyl (C=O) groups is 1. The molecule has 1 amide bonds. The molecule has 1 aliphatic heterocycles. The molecule has 1 fully saturated rings. The summed E-state index contributed by atoms with van der Waals surface area (Å²) in [6.07, 6.45) is 1.12. The quantitative estimate of drug-likeness (QED) is 0.828. The van der Waals surface area contributed by atoms with Gasteiger partial charge >= 0.3 is 0 Å². The van der Waals surface area contributed by atoms with Gasteiger partial charge in [-0.25, -0.2) is 8.42 Å². The smallest absolute Gasteiger partial charge is 0.246 e. The molecule has 1 aliphatic rings. The predicted octanol–water partition coefficient (Wildman–Crippen LogP) is 1.01. The molecule has 0 radical (unpaired) electrons. The summed E-state index contributed by atoms with van der Waals surface area (Å²) in [6.45, 7) is 5.48. The fourth-order valence-electron chi connectivity index (χ4n) is 2.62. The Bertz CT molecular complexity index is 639. The van der Waals surface area contributed by atoms with E-state index < -0.39 is 16.1 Å². The first-order valence-electron chi connectivity index (χ1n) is 7.23. The molecule has 1 atom stereocenters. The molecule has 0 spiro atoms. The minimum atomic E-state index is -3.56. The first-order chi connectivity index (χ1) is 10.3. The van der Waals surface area contributed by atoms with Crippen LogP contribution >= 0.6 is 0 Å². The molecule has 1 unspecified atom stereocenters. The van der Waals surface area contributed by atoms with Crippen LogP contribution in [-0.2, 0) is 19.6 Å². The summed E-state index contributed by atoms with van der Waals surface area (Å²) in [6, 6.07) is 6.36. The van der Waals surface area contributed by atoms with Crippen molar-refractivity contribution in [3.63, 3.8) is 0 Å². The summed E-state index contributed by atoms with van der Waals surface area (Å²) in [7, 11) is -3.56. The van der Waals surface area contributed by atoms with Crippen molar-refractivity contribution in [3.05, 3.63) is 29.8 Å². The Morgan fingerprint density at radius 1 is 1.32 bits per heavy atom. The standard InChI is InChI=1S/C15H22N2O4S/c1-12-5-4-6-14(11-12)17(22(3,19)20)13(2)15(18)16-7-9-21-10-8-16/h4-6,11,13H,7-10H2,1-3H3. The monoisotopic (exact) mass is 326 g/mol. The van der Waals surface area contributed by atoms with Crippen molar-refractivity contribution in [1.29, 1.82) is 0 Å². The van der Waals surface area contributed by atoms with E-state index >= 15 is 0 Å². The van der Waals surface area contributed by atoms with Crippen LogP contribution in [0.4, 0.5) is 5.69 Å². The van der Waals surface area contributed by atoms with E-state index in [1.54, 1.807) is 30.0 Å². The van der Waals surface area contributed by atoms with Crippen molar-refractivity contribution in [2.24, 2.45) is 0 Å². The fraction of sp³-hybridized carbons (Fsp3) is 0.533. The molecule has 0 bridgehead atoms. The van der Waals surface area contributed by atoms with E-state index in [9.17, 15) is 13.2 Å². The van der Waals surface area contributed by atoms with E-state index in [-0.39, 0.29) is 5.91 Å². The Morgan fingerprint density at radius 2 is 1.95 bits per heavy atom. The van der Waals surface area contributed by atoms with Crippen molar-refractivity contribution >= 4 is 21.6 Å². The number of aryl methyl sites for hydroxylation is 1. The van der Waals surface area contributed by atoms with E-state index in [0.717, 1.165) is 11.8 Å². The molecule has 0 N–H and O–H groups in total. The van der Waals surface area contributed by atoms with Gasteiger partial charge in [0.1, 0.15) is 6.04 Å². The zero-order chi connectivity index (χ0) is 16.3. The average Bonchev–Trinajstić information content (AvgIpc) is 2.46. The number of hydrogen-bond acceptors (Lipinski definition) is 4. The summed E-state index contributed by atoms with van der Waals surface area (Å²) < 4.78 is 30.8. The Labute approximate surface area is 131 Å². The van der Waals surface area contributed by atoms with Crippen LogP contribution in [0.5, 0.6) is 0 Å². The van der Waals surface area contributed by atoms with E-state index in [0.29, 0.717) is 32.0 Å². The number of rotatable bonds is 4. The number of sulfonamides is 1. The summed E-state index contributed by atoms with van der Waals surface area (Å²) in [4.78, 5) is 14.3. The van der Waals surface area contributed by atoms with Crippen LogP contribution in [-0.4, -0.2) is 57.8 Å². The van der Waals surface area contributed by atoms with E-state index in [4.69, 9.17) is 4.74 Å². The molecule has 0 saturated carbocycles. The van der Waals surface area contributed by atoms with Crippen molar-refractivity contribution < 1.29 is 17.9 Å². The second-order valence-corrected chi connectivity index (χ2v) is 7.37. The topological polar surface area (TPSA) is 66.9 Å². The lowest BCUT2D eigenvalue weighted by Gasteiger charge is -2.34. The highest BCUT2D eigenvalue weighted by Crippen LogP contribution is 2.23. The average molecular weight is 326 g/mol. The number of nitrogens with zero attached hydrogens (tertiary/aromatic N) is 2. The van der Waals surface area contributed by atoms with Gasteiger partial charge in [-0.3, -0.25) is 9.10 Å². The first kappa shape index (κ1) is 16.8. The first-order valence-corrected chi connectivity index (χ1v) is 9.08. The van der Waals surface area contributed by atoms with E-state index in [1.165, 1.54) is 4.31 Å². The highest BCUT2D eigenvalue weighted by Gasteiger charge is 2.32. The van der Waals surface area contributed by atoms with Gasteiger partial charge < -0.3 is 9.64 Å². The summed E-state index contributed by atoms with van der Waals surface area (Å²) >= 11 is 0. The molecule has 1 heterocycles. The van der Waals surface area contributed by atoms with Gasteiger partial charge in [0.15, 0.2) is 0 Å². The maximum Gasteiger partial charge on any atom is 0.246 e. The molecule has 22 heavy (non-hydrogen) atoms. The normalized spacial score (nSPS) is 17.1. The maximum atomic E-state index is 12.6. The van der Waals surface area contributed by atoms with Crippen LogP contribution in [0.25, 0.3) is 0 Å². The van der Waals surface area contributed by atoms with Gasteiger partial charge in [0.25, 0.3) is 0 Å². The Kier molecular flexibility index (Phi) is 5.08. The molecule has 7 heteroatoms. The Morgan fingerprint density at radius 3 is 2.50 bits per heavy atom. The van der Waals surface area contributed by atoms with Gasteiger partial charge in [-0.1, -0.05) is 12.1 Å². The molecular formula is C15H22N2O4S. The second kappa shape index (κ2) is 6.66. The highest BCUT2D eigenvalue weighted by atomic mass is 32.2. The predicted molar refractivity (Wildman–Crippen MR) is 85.4 cm³/mol. The summed E-state index contributed by atoms with van der Waals surface area (Å²) in [5.74, 6) is -0.199. The van der Waals surface area contributed by atoms with Gasteiger partial charge in [-0.2, -0.15) is 0 Å². The summed E-state index contributed by atoms with van der Waals surface area (Å²) in [5.41, 5.74) is 1.45. The number of amides is 1. The van der Waals surface area contributed by atoms with Crippen molar-refractivity contribution in [2.45, 2.75) is 19.9 Å². The van der Waals surface area contributed by atoms with Crippen LogP contribution in [0.2, 0.25) is 0 Å². The van der Waals surface area contributed by atoms with Crippen molar-refractivity contribution in [3.8, 4) is 0 Å². The SMILES string of the molecule is Cc1cccc(N(C(C)C(=O)N2CCOCC2)S(C)(=O)=O)c1. The molecular weight excluding hydrogens is 304 g/mol. The molecule has 122 valence electrons. The largest absolute Gasteiger partial charge is 0.378 e. The lowest BCUT2D eigenvalue weighted by atomic mass is 10.2. The Hall–Kier alpha value is -1.60. The molecule has 1 aromatic rings. The minimum absolute atomic E-state index is 0.199. The zero-order valence-electron chi connectivity index (χ0n) is 13.2. The van der Waals surface area contributed by atoms with Crippen LogP contribution in [0.3, 0.4) is 0 Å². The number of anilines is 1. The lowest BCUT2D eigenvalue weighted by molar-refractivity contribution is -0.136. The molecule has 0 aromatic heterocycles. The van der Waals surface area contributed by atoms with Gasteiger partial charge in [0.2, 0.25) is 15.9 Å². The van der Waals surface area contributed by atoms with Crippen molar-refractivity contribution in [1.82, 2.24) is 4.90 Å². The van der Waals surface area contributed by atoms with E-state index in [1.807, 2.05) is 13.0 Å². The number of benzene rings is 1. The van der Waals surface area contributed by atoms with Gasteiger partial charge in [0.05, 0.1) is 25.2 Å². The third-order valence-corrected chi connectivity index (χ3v) is 4.89. The highest BCUT2D eigenvalue weighted by molar-refractivity contribution is 7.92. The van der Waals surface area contributed by atoms with Crippen LogP contribution in [0.15, 0.2) is 24.3 Å². The van der Waals surface area contributed by atoms with E-state index in [2.05, 4.69) is 0 Å². The Balaban J connectivity index is 2.31. The molecule has 1 saturated heterocycles. The third kappa shape index (κ3) is 3.78. The van der Waals surface area contributed by atoms with Crippen LogP contribution in [0, 0.1) is 6.92 Å². The number of ether oxygens (including phenoxy) is 1. The van der Waals surface area contributed by atoms with Crippen molar-refractivity contribution in [2.75, 3.05) is 36.9 Å². The minimum Gasteiger partial charge on any atom is -0.378 e. The molecule has 2 rings (SSSR count). The molecule has 1 aromatic carbocycles. The second-order valence-electron chi connectivity index (χ2n) is 5.51. The molecule has 6 nitrogen and oxygen atoms in total. The maximum absolute atomic E-state index is 12.6. The molecule has 0 aliphatic carbocycles. The summed E-state index contributed by atoms with van der Waals surface area (Å²) in [5, 5.41) is 0. The third-order valence-electron chi connectivity index (χ3n) is 3.65.